The van der Waals surface area contributed by atoms with Crippen molar-refractivity contribution in [1.29, 1.82) is 0 Å². The summed E-state index contributed by atoms with van der Waals surface area (Å²) in [4.78, 5) is 19.5. The zero-order chi connectivity index (χ0) is 20.1. The van der Waals surface area contributed by atoms with E-state index < -0.39 is 6.09 Å². The van der Waals surface area contributed by atoms with Gasteiger partial charge in [0, 0.05) is 18.5 Å². The van der Waals surface area contributed by atoms with Crippen LogP contribution in [-0.2, 0) is 13.2 Å². The number of aromatic nitrogens is 3. The Hall–Kier alpha value is -3.61. The maximum absolute atomic E-state index is 10.5. The van der Waals surface area contributed by atoms with Crippen molar-refractivity contribution >= 4 is 28.0 Å². The third kappa shape index (κ3) is 4.45. The van der Waals surface area contributed by atoms with Gasteiger partial charge in [-0.25, -0.2) is 9.78 Å². The predicted octanol–water partition coefficient (Wildman–Crippen LogP) is 4.21. The van der Waals surface area contributed by atoms with Crippen LogP contribution in [0.5, 0.6) is 5.75 Å². The molecule has 7 nitrogen and oxygen atoms in total. The summed E-state index contributed by atoms with van der Waals surface area (Å²) in [5, 5.41) is 12.0. The number of fused-ring (bicyclic) bond motifs is 3. The summed E-state index contributed by atoms with van der Waals surface area (Å²) in [5.41, 5.74) is 3.86. The molecule has 2 aromatic heterocycles. The van der Waals surface area contributed by atoms with Crippen LogP contribution in [0, 0.1) is 0 Å². The van der Waals surface area contributed by atoms with Crippen molar-refractivity contribution in [3.8, 4) is 5.75 Å². The molecule has 0 spiro atoms. The topological polar surface area (TPSA) is 89.3 Å². The summed E-state index contributed by atoms with van der Waals surface area (Å²) < 4.78 is 8.08. The Bertz CT molecular complexity index is 1130. The van der Waals surface area contributed by atoms with Crippen molar-refractivity contribution in [3.05, 3.63) is 66.6 Å². The quantitative estimate of drug-likeness (QED) is 0.440. The first-order valence-corrected chi connectivity index (χ1v) is 9.58. The molecule has 0 aliphatic heterocycles. The summed E-state index contributed by atoms with van der Waals surface area (Å²) in [5.74, 6) is 0.786. The van der Waals surface area contributed by atoms with Crippen molar-refractivity contribution in [3.63, 3.8) is 0 Å². The fourth-order valence-corrected chi connectivity index (χ4v) is 3.34. The molecule has 0 atom stereocenters. The molecule has 0 fully saturated rings. The maximum atomic E-state index is 10.5. The van der Waals surface area contributed by atoms with Crippen LogP contribution in [0.3, 0.4) is 0 Å². The van der Waals surface area contributed by atoms with E-state index in [1.54, 1.807) is 6.20 Å². The van der Waals surface area contributed by atoms with E-state index in [2.05, 4.69) is 19.9 Å². The zero-order valence-electron chi connectivity index (χ0n) is 15.9. The number of hydrogen-bond acceptors (Lipinski definition) is 4. The molecule has 29 heavy (non-hydrogen) atoms. The first kappa shape index (κ1) is 18.7. The van der Waals surface area contributed by atoms with Gasteiger partial charge in [-0.2, -0.15) is 0 Å². The molecule has 0 aliphatic rings. The molecule has 4 aromatic rings. The summed E-state index contributed by atoms with van der Waals surface area (Å²) >= 11 is 0. The van der Waals surface area contributed by atoms with Crippen LogP contribution in [0.4, 0.5) is 4.79 Å². The Morgan fingerprint density at radius 2 is 1.93 bits per heavy atom. The number of rotatable bonds is 8. The van der Waals surface area contributed by atoms with Gasteiger partial charge in [-0.3, -0.25) is 4.98 Å². The molecule has 0 saturated carbocycles. The number of unbranched alkanes of at least 4 members (excludes halogenated alkanes) is 1. The normalized spacial score (nSPS) is 11.0. The average Bonchev–Trinajstić information content (AvgIpc) is 3.16. The first-order valence-electron chi connectivity index (χ1n) is 9.58. The number of ether oxygens (including phenoxy) is 1. The molecule has 0 aliphatic carbocycles. The second kappa shape index (κ2) is 8.60. The third-order valence-electron chi connectivity index (χ3n) is 4.77. The molecule has 7 heteroatoms. The Balaban J connectivity index is 1.54. The number of aryl methyl sites for hydroxylation is 1. The number of carbonyl (C=O) groups is 1. The van der Waals surface area contributed by atoms with E-state index in [1.807, 2.05) is 54.9 Å². The number of benzene rings is 2. The van der Waals surface area contributed by atoms with Gasteiger partial charge < -0.3 is 19.7 Å². The molecular weight excluding hydrogens is 368 g/mol. The molecule has 0 radical (unpaired) electrons. The van der Waals surface area contributed by atoms with E-state index >= 15 is 0 Å². The van der Waals surface area contributed by atoms with Gasteiger partial charge in [0.25, 0.3) is 0 Å². The average molecular weight is 390 g/mol. The Kier molecular flexibility index (Phi) is 5.56. The number of imidazole rings is 1. The SMILES string of the molecule is O=C(O)NCCCCn1cnc2cnc3ccc(OCc4ccccc4)cc3c21. The summed E-state index contributed by atoms with van der Waals surface area (Å²) in [6, 6.07) is 16.0. The van der Waals surface area contributed by atoms with E-state index in [9.17, 15) is 4.79 Å². The Labute approximate surface area is 168 Å². The van der Waals surface area contributed by atoms with Crippen LogP contribution in [-0.4, -0.2) is 32.3 Å². The van der Waals surface area contributed by atoms with E-state index in [4.69, 9.17) is 9.84 Å². The predicted molar refractivity (Wildman–Crippen MR) is 111 cm³/mol. The van der Waals surface area contributed by atoms with Gasteiger partial charge in [0.15, 0.2) is 0 Å². The molecule has 2 heterocycles. The Morgan fingerprint density at radius 3 is 2.76 bits per heavy atom. The van der Waals surface area contributed by atoms with Gasteiger partial charge >= 0.3 is 6.09 Å². The Morgan fingerprint density at radius 1 is 1.07 bits per heavy atom. The highest BCUT2D eigenvalue weighted by Gasteiger charge is 2.10. The van der Waals surface area contributed by atoms with Crippen LogP contribution in [0.25, 0.3) is 21.9 Å². The van der Waals surface area contributed by atoms with Gasteiger partial charge in [0.05, 0.1) is 23.6 Å². The van der Waals surface area contributed by atoms with Crippen LogP contribution >= 0.6 is 0 Å². The number of hydrogen-bond donors (Lipinski definition) is 2. The van der Waals surface area contributed by atoms with E-state index in [1.165, 1.54) is 0 Å². The number of pyridine rings is 1. The maximum Gasteiger partial charge on any atom is 0.404 e. The lowest BCUT2D eigenvalue weighted by molar-refractivity contribution is 0.194. The lowest BCUT2D eigenvalue weighted by Gasteiger charge is -2.10. The second-order valence-corrected chi connectivity index (χ2v) is 6.82. The molecule has 4 rings (SSSR count). The summed E-state index contributed by atoms with van der Waals surface area (Å²) in [6.45, 7) is 1.71. The molecular formula is C22H22N4O3. The third-order valence-corrected chi connectivity index (χ3v) is 4.77. The van der Waals surface area contributed by atoms with Gasteiger partial charge in [0.1, 0.15) is 17.9 Å². The van der Waals surface area contributed by atoms with E-state index in [0.29, 0.717) is 13.2 Å². The molecule has 0 saturated heterocycles. The van der Waals surface area contributed by atoms with Crippen LogP contribution < -0.4 is 10.1 Å². The van der Waals surface area contributed by atoms with Crippen molar-refractivity contribution in [2.24, 2.45) is 0 Å². The van der Waals surface area contributed by atoms with Crippen LogP contribution in [0.15, 0.2) is 61.1 Å². The van der Waals surface area contributed by atoms with Gasteiger partial charge in [-0.1, -0.05) is 30.3 Å². The standard InChI is InChI=1S/C22H22N4O3/c27-22(28)23-10-4-5-11-26-15-25-20-13-24-19-9-8-17(12-18(19)21(20)26)29-14-16-6-2-1-3-7-16/h1-3,6-9,12-13,15,23H,4-5,10-11,14H2,(H,27,28). The fourth-order valence-electron chi connectivity index (χ4n) is 3.34. The van der Waals surface area contributed by atoms with Crippen molar-refractivity contribution in [2.75, 3.05) is 6.54 Å². The lowest BCUT2D eigenvalue weighted by Crippen LogP contribution is -2.21. The first-order chi connectivity index (χ1) is 14.2. The highest BCUT2D eigenvalue weighted by molar-refractivity contribution is 6.02. The fraction of sp³-hybridized carbons (Fsp3) is 0.227. The van der Waals surface area contributed by atoms with Gasteiger partial charge in [-0.15, -0.1) is 0 Å². The molecule has 0 unspecified atom stereocenters. The van der Waals surface area contributed by atoms with E-state index in [-0.39, 0.29) is 0 Å². The largest absolute Gasteiger partial charge is 0.489 e. The summed E-state index contributed by atoms with van der Waals surface area (Å²) in [6.07, 6.45) is 4.22. The minimum Gasteiger partial charge on any atom is -0.489 e. The number of nitrogens with one attached hydrogen (secondary N) is 1. The number of nitrogens with zero attached hydrogens (tertiary/aromatic N) is 3. The van der Waals surface area contributed by atoms with Gasteiger partial charge in [-0.05, 0) is 36.6 Å². The molecule has 0 bridgehead atoms. The minimum absolute atomic E-state index is 0.446. The minimum atomic E-state index is -0.988. The molecule has 148 valence electrons. The summed E-state index contributed by atoms with van der Waals surface area (Å²) in [7, 11) is 0. The monoisotopic (exact) mass is 390 g/mol. The number of carboxylic acid groups (broad SMARTS) is 1. The van der Waals surface area contributed by atoms with Crippen molar-refractivity contribution in [1.82, 2.24) is 19.9 Å². The molecule has 2 aromatic carbocycles. The number of amides is 1. The highest BCUT2D eigenvalue weighted by atomic mass is 16.5. The second-order valence-electron chi connectivity index (χ2n) is 6.82. The van der Waals surface area contributed by atoms with Gasteiger partial charge in [0.2, 0.25) is 0 Å². The lowest BCUT2D eigenvalue weighted by atomic mass is 10.1. The zero-order valence-corrected chi connectivity index (χ0v) is 15.9. The van der Waals surface area contributed by atoms with Crippen LogP contribution in [0.1, 0.15) is 18.4 Å². The van der Waals surface area contributed by atoms with Crippen molar-refractivity contribution < 1.29 is 14.6 Å². The smallest absolute Gasteiger partial charge is 0.404 e. The van der Waals surface area contributed by atoms with Crippen LogP contribution in [0.2, 0.25) is 0 Å². The van der Waals surface area contributed by atoms with E-state index in [0.717, 1.165) is 52.6 Å². The molecule has 2 N–H and O–H groups in total. The molecule has 1 amide bonds. The highest BCUT2D eigenvalue weighted by Crippen LogP contribution is 2.27. The van der Waals surface area contributed by atoms with Crippen molar-refractivity contribution in [2.45, 2.75) is 26.0 Å².